The van der Waals surface area contributed by atoms with Crippen LogP contribution in [0.1, 0.15) is 29.2 Å². The van der Waals surface area contributed by atoms with Crippen LogP contribution in [0.25, 0.3) is 0 Å². The van der Waals surface area contributed by atoms with Crippen LogP contribution in [-0.2, 0) is 6.42 Å². The van der Waals surface area contributed by atoms with E-state index in [1.165, 1.54) is 16.7 Å². The standard InChI is InChI=1S/C17H18BrNO/c1-19-16(12-7-9-14(18)10-8-12)15-6-2-4-13-5-3-11-20-17(13)15/h2,4,6-10,16,19H,3,5,11H2,1H3. The van der Waals surface area contributed by atoms with E-state index in [0.717, 1.165) is 29.7 Å². The molecule has 2 nitrogen and oxygen atoms in total. The van der Waals surface area contributed by atoms with E-state index in [2.05, 4.69) is 63.7 Å². The molecule has 2 aromatic carbocycles. The van der Waals surface area contributed by atoms with E-state index in [9.17, 15) is 0 Å². The summed E-state index contributed by atoms with van der Waals surface area (Å²) in [5.74, 6) is 1.07. The molecular formula is C17H18BrNO. The van der Waals surface area contributed by atoms with Crippen LogP contribution in [0, 0.1) is 0 Å². The minimum Gasteiger partial charge on any atom is -0.493 e. The smallest absolute Gasteiger partial charge is 0.127 e. The van der Waals surface area contributed by atoms with Crippen molar-refractivity contribution in [2.75, 3.05) is 13.7 Å². The fourth-order valence-corrected chi connectivity index (χ4v) is 3.06. The van der Waals surface area contributed by atoms with Gasteiger partial charge >= 0.3 is 0 Å². The van der Waals surface area contributed by atoms with E-state index >= 15 is 0 Å². The molecule has 20 heavy (non-hydrogen) atoms. The lowest BCUT2D eigenvalue weighted by atomic mass is 9.94. The molecule has 1 N–H and O–H groups in total. The summed E-state index contributed by atoms with van der Waals surface area (Å²) in [7, 11) is 1.99. The van der Waals surface area contributed by atoms with Gasteiger partial charge in [-0.1, -0.05) is 46.3 Å². The topological polar surface area (TPSA) is 21.3 Å². The second kappa shape index (κ2) is 5.98. The van der Waals surface area contributed by atoms with E-state index in [4.69, 9.17) is 4.74 Å². The van der Waals surface area contributed by atoms with Gasteiger partial charge in [-0.3, -0.25) is 0 Å². The van der Waals surface area contributed by atoms with Crippen LogP contribution in [0.2, 0.25) is 0 Å². The molecule has 0 bridgehead atoms. The average molecular weight is 332 g/mol. The maximum atomic E-state index is 5.93. The van der Waals surface area contributed by atoms with E-state index < -0.39 is 0 Å². The van der Waals surface area contributed by atoms with Gasteiger partial charge in [0.25, 0.3) is 0 Å². The van der Waals surface area contributed by atoms with E-state index in [0.29, 0.717) is 0 Å². The van der Waals surface area contributed by atoms with Crippen molar-refractivity contribution < 1.29 is 4.74 Å². The minimum atomic E-state index is 0.163. The lowest BCUT2D eigenvalue weighted by Gasteiger charge is -2.25. The predicted molar refractivity (Wildman–Crippen MR) is 85.3 cm³/mol. The summed E-state index contributed by atoms with van der Waals surface area (Å²) in [5.41, 5.74) is 3.80. The van der Waals surface area contributed by atoms with Gasteiger partial charge in [-0.2, -0.15) is 0 Å². The molecule has 0 saturated carbocycles. The highest BCUT2D eigenvalue weighted by Gasteiger charge is 2.21. The molecule has 3 rings (SSSR count). The van der Waals surface area contributed by atoms with Crippen LogP contribution in [0.5, 0.6) is 5.75 Å². The third-order valence-electron chi connectivity index (χ3n) is 3.77. The highest BCUT2D eigenvalue weighted by Crippen LogP contribution is 2.35. The lowest BCUT2D eigenvalue weighted by Crippen LogP contribution is -2.20. The highest BCUT2D eigenvalue weighted by molar-refractivity contribution is 9.10. The summed E-state index contributed by atoms with van der Waals surface area (Å²) < 4.78 is 7.03. The largest absolute Gasteiger partial charge is 0.493 e. The van der Waals surface area contributed by atoms with Crippen molar-refractivity contribution in [3.8, 4) is 5.75 Å². The van der Waals surface area contributed by atoms with Gasteiger partial charge in [0.1, 0.15) is 5.75 Å². The molecule has 0 saturated heterocycles. The Morgan fingerprint density at radius 1 is 1.15 bits per heavy atom. The molecule has 1 atom stereocenters. The number of para-hydroxylation sites is 1. The number of hydrogen-bond donors (Lipinski definition) is 1. The monoisotopic (exact) mass is 331 g/mol. The molecule has 1 heterocycles. The lowest BCUT2D eigenvalue weighted by molar-refractivity contribution is 0.283. The van der Waals surface area contributed by atoms with Gasteiger partial charge in [0.05, 0.1) is 12.6 Å². The Morgan fingerprint density at radius 3 is 2.70 bits per heavy atom. The van der Waals surface area contributed by atoms with Crippen LogP contribution >= 0.6 is 15.9 Å². The Labute approximate surface area is 128 Å². The molecule has 104 valence electrons. The molecule has 0 fully saturated rings. The first-order valence-electron chi connectivity index (χ1n) is 6.97. The van der Waals surface area contributed by atoms with Crippen molar-refractivity contribution in [1.82, 2.24) is 5.32 Å². The Balaban J connectivity index is 2.03. The van der Waals surface area contributed by atoms with Crippen LogP contribution in [0.4, 0.5) is 0 Å². The van der Waals surface area contributed by atoms with Gasteiger partial charge in [-0.25, -0.2) is 0 Å². The second-order valence-corrected chi connectivity index (χ2v) is 5.98. The molecule has 0 radical (unpaired) electrons. The van der Waals surface area contributed by atoms with E-state index in [-0.39, 0.29) is 6.04 Å². The van der Waals surface area contributed by atoms with Crippen molar-refractivity contribution in [2.24, 2.45) is 0 Å². The molecule has 1 aliphatic rings. The number of halogens is 1. The Morgan fingerprint density at radius 2 is 1.95 bits per heavy atom. The van der Waals surface area contributed by atoms with Crippen molar-refractivity contribution in [3.05, 3.63) is 63.6 Å². The first kappa shape index (κ1) is 13.7. The fraction of sp³-hybridized carbons (Fsp3) is 0.294. The van der Waals surface area contributed by atoms with Crippen LogP contribution in [0.3, 0.4) is 0 Å². The summed E-state index contributed by atoms with van der Waals surface area (Å²) in [6.07, 6.45) is 2.22. The summed E-state index contributed by atoms with van der Waals surface area (Å²) in [6, 6.07) is 15.1. The van der Waals surface area contributed by atoms with Gasteiger partial charge in [-0.15, -0.1) is 0 Å². The summed E-state index contributed by atoms with van der Waals surface area (Å²) in [6.45, 7) is 0.820. The number of nitrogens with one attached hydrogen (secondary N) is 1. The zero-order valence-electron chi connectivity index (χ0n) is 11.5. The molecular weight excluding hydrogens is 314 g/mol. The molecule has 3 heteroatoms. The molecule has 0 aromatic heterocycles. The third kappa shape index (κ3) is 2.60. The van der Waals surface area contributed by atoms with E-state index in [1.807, 2.05) is 7.05 Å². The normalized spacial score (nSPS) is 15.3. The van der Waals surface area contributed by atoms with Gasteiger partial charge in [-0.05, 0) is 43.1 Å². The van der Waals surface area contributed by atoms with Gasteiger partial charge in [0, 0.05) is 10.0 Å². The summed E-state index contributed by atoms with van der Waals surface area (Å²) in [5, 5.41) is 3.41. The first-order valence-corrected chi connectivity index (χ1v) is 7.76. The quantitative estimate of drug-likeness (QED) is 0.914. The van der Waals surface area contributed by atoms with Crippen LogP contribution in [-0.4, -0.2) is 13.7 Å². The number of fused-ring (bicyclic) bond motifs is 1. The maximum Gasteiger partial charge on any atom is 0.127 e. The third-order valence-corrected chi connectivity index (χ3v) is 4.30. The van der Waals surface area contributed by atoms with Gasteiger partial charge in [0.15, 0.2) is 0 Å². The average Bonchev–Trinajstić information content (AvgIpc) is 2.50. The van der Waals surface area contributed by atoms with Gasteiger partial charge in [0.2, 0.25) is 0 Å². The number of rotatable bonds is 3. The van der Waals surface area contributed by atoms with Crippen molar-refractivity contribution >= 4 is 15.9 Å². The highest BCUT2D eigenvalue weighted by atomic mass is 79.9. The van der Waals surface area contributed by atoms with Crippen LogP contribution in [0.15, 0.2) is 46.9 Å². The Hall–Kier alpha value is -1.32. The summed E-state index contributed by atoms with van der Waals surface area (Å²) in [4.78, 5) is 0. The second-order valence-electron chi connectivity index (χ2n) is 5.06. The fourth-order valence-electron chi connectivity index (χ4n) is 2.80. The van der Waals surface area contributed by atoms with Crippen molar-refractivity contribution in [2.45, 2.75) is 18.9 Å². The maximum absolute atomic E-state index is 5.93. The van der Waals surface area contributed by atoms with Crippen molar-refractivity contribution in [1.29, 1.82) is 0 Å². The van der Waals surface area contributed by atoms with Gasteiger partial charge < -0.3 is 10.1 Å². The predicted octanol–water partition coefficient (Wildman–Crippen LogP) is 4.08. The molecule has 2 aromatic rings. The SMILES string of the molecule is CNC(c1ccc(Br)cc1)c1cccc2c1OCCC2. The first-order chi connectivity index (χ1) is 9.79. The Bertz CT molecular complexity index is 594. The molecule has 1 aliphatic heterocycles. The number of aryl methyl sites for hydroxylation is 1. The van der Waals surface area contributed by atoms with Crippen molar-refractivity contribution in [3.63, 3.8) is 0 Å². The number of benzene rings is 2. The summed E-state index contributed by atoms with van der Waals surface area (Å²) >= 11 is 3.49. The zero-order valence-corrected chi connectivity index (χ0v) is 13.1. The Kier molecular flexibility index (Phi) is 4.08. The molecule has 0 amide bonds. The molecule has 0 spiro atoms. The van der Waals surface area contributed by atoms with E-state index in [1.54, 1.807) is 0 Å². The number of hydrogen-bond acceptors (Lipinski definition) is 2. The minimum absolute atomic E-state index is 0.163. The molecule has 0 aliphatic carbocycles. The van der Waals surface area contributed by atoms with Crippen LogP contribution < -0.4 is 10.1 Å². The number of ether oxygens (including phenoxy) is 1. The zero-order chi connectivity index (χ0) is 13.9. The molecule has 1 unspecified atom stereocenters.